The Kier molecular flexibility index (Phi) is 4.60. The quantitative estimate of drug-likeness (QED) is 0.528. The maximum atomic E-state index is 15.2. The van der Waals surface area contributed by atoms with Gasteiger partial charge in [0.15, 0.2) is 0 Å². The van der Waals surface area contributed by atoms with Gasteiger partial charge in [0.1, 0.15) is 5.82 Å². The van der Waals surface area contributed by atoms with Gasteiger partial charge in [0.2, 0.25) is 0 Å². The molecule has 4 aromatic rings. The van der Waals surface area contributed by atoms with Crippen molar-refractivity contribution in [3.05, 3.63) is 83.1 Å². The molecule has 7 heteroatoms. The first-order valence-electron chi connectivity index (χ1n) is 10.4. The summed E-state index contributed by atoms with van der Waals surface area (Å²) in [6.45, 7) is 3.97. The van der Waals surface area contributed by atoms with E-state index in [-0.39, 0.29) is 18.3 Å². The summed E-state index contributed by atoms with van der Waals surface area (Å²) in [7, 11) is 1.83. The van der Waals surface area contributed by atoms with Crippen LogP contribution in [0.15, 0.2) is 54.9 Å². The highest BCUT2D eigenvalue weighted by Crippen LogP contribution is 2.34. The highest BCUT2D eigenvalue weighted by Gasteiger charge is 2.28. The molecular formula is C25H23FN4O2. The molecule has 0 spiro atoms. The Bertz CT molecular complexity index is 1370. The van der Waals surface area contributed by atoms with Gasteiger partial charge in [-0.15, -0.1) is 0 Å². The minimum absolute atomic E-state index is 0.133. The summed E-state index contributed by atoms with van der Waals surface area (Å²) < 4.78 is 16.9. The van der Waals surface area contributed by atoms with Crippen molar-refractivity contribution in [2.45, 2.75) is 32.5 Å². The molecule has 1 N–H and O–H groups in total. The number of pyridine rings is 1. The van der Waals surface area contributed by atoms with Crippen LogP contribution in [0.5, 0.6) is 0 Å². The molecule has 1 aliphatic rings. The Morgan fingerprint density at radius 2 is 1.97 bits per heavy atom. The Balaban J connectivity index is 1.50. The molecular weight excluding hydrogens is 407 g/mol. The van der Waals surface area contributed by atoms with Crippen LogP contribution in [0.25, 0.3) is 22.0 Å². The van der Waals surface area contributed by atoms with Gasteiger partial charge in [0.05, 0.1) is 28.9 Å². The first-order valence-corrected chi connectivity index (χ1v) is 10.4. The topological polar surface area (TPSA) is 71.2 Å². The van der Waals surface area contributed by atoms with E-state index in [0.717, 1.165) is 22.2 Å². The van der Waals surface area contributed by atoms with Gasteiger partial charge in [-0.1, -0.05) is 12.1 Å². The summed E-state index contributed by atoms with van der Waals surface area (Å²) in [6.07, 6.45) is 3.55. The highest BCUT2D eigenvalue weighted by atomic mass is 19.1. The van der Waals surface area contributed by atoms with E-state index >= 15 is 4.39 Å². The minimum Gasteiger partial charge on any atom is -0.386 e. The van der Waals surface area contributed by atoms with Gasteiger partial charge in [-0.25, -0.2) is 4.39 Å². The van der Waals surface area contributed by atoms with Crippen molar-refractivity contribution in [3.63, 3.8) is 0 Å². The van der Waals surface area contributed by atoms with Gasteiger partial charge in [-0.05, 0) is 60.9 Å². The molecule has 0 saturated heterocycles. The number of halogens is 1. The second-order valence-corrected chi connectivity index (χ2v) is 8.78. The zero-order valence-electron chi connectivity index (χ0n) is 18.1. The number of aryl methyl sites for hydroxylation is 1. The van der Waals surface area contributed by atoms with Crippen molar-refractivity contribution in [1.29, 1.82) is 0 Å². The van der Waals surface area contributed by atoms with Crippen molar-refractivity contribution >= 4 is 16.8 Å². The Labute approximate surface area is 184 Å². The highest BCUT2D eigenvalue weighted by molar-refractivity contribution is 5.98. The van der Waals surface area contributed by atoms with Crippen molar-refractivity contribution in [3.8, 4) is 11.1 Å². The van der Waals surface area contributed by atoms with Crippen LogP contribution in [0.2, 0.25) is 0 Å². The van der Waals surface area contributed by atoms with Gasteiger partial charge in [0.25, 0.3) is 5.91 Å². The third kappa shape index (κ3) is 3.44. The lowest BCUT2D eigenvalue weighted by Gasteiger charge is -2.20. The van der Waals surface area contributed by atoms with Crippen LogP contribution in [0.1, 0.15) is 41.0 Å². The average Bonchev–Trinajstić information content (AvgIpc) is 3.27. The van der Waals surface area contributed by atoms with Gasteiger partial charge in [-0.2, -0.15) is 5.10 Å². The zero-order valence-corrected chi connectivity index (χ0v) is 18.1. The number of aromatic nitrogens is 3. The molecule has 0 fully saturated rings. The number of hydrogen-bond donors (Lipinski definition) is 1. The Morgan fingerprint density at radius 1 is 1.16 bits per heavy atom. The van der Waals surface area contributed by atoms with Crippen LogP contribution in [0, 0.1) is 5.82 Å². The fourth-order valence-corrected chi connectivity index (χ4v) is 4.19. The molecule has 32 heavy (non-hydrogen) atoms. The van der Waals surface area contributed by atoms with E-state index in [1.165, 1.54) is 6.07 Å². The van der Waals surface area contributed by atoms with E-state index < -0.39 is 5.60 Å². The van der Waals surface area contributed by atoms with Crippen LogP contribution in [-0.2, 0) is 25.7 Å². The zero-order chi connectivity index (χ0) is 22.6. The summed E-state index contributed by atoms with van der Waals surface area (Å²) in [6, 6.07) is 12.3. The second kappa shape index (κ2) is 7.24. The third-order valence-corrected chi connectivity index (χ3v) is 5.92. The summed E-state index contributed by atoms with van der Waals surface area (Å²) in [5.74, 6) is -0.517. The molecule has 0 unspecified atom stereocenters. The minimum atomic E-state index is -1.06. The molecule has 5 rings (SSSR count). The van der Waals surface area contributed by atoms with E-state index in [1.54, 1.807) is 47.8 Å². The predicted octanol–water partition coefficient (Wildman–Crippen LogP) is 4.16. The van der Waals surface area contributed by atoms with Crippen molar-refractivity contribution in [1.82, 2.24) is 19.7 Å². The van der Waals surface area contributed by atoms with Crippen molar-refractivity contribution in [2.24, 2.45) is 7.05 Å². The molecule has 1 amide bonds. The van der Waals surface area contributed by atoms with Crippen LogP contribution in [0.3, 0.4) is 0 Å². The average molecular weight is 430 g/mol. The van der Waals surface area contributed by atoms with Gasteiger partial charge < -0.3 is 10.0 Å². The lowest BCUT2D eigenvalue weighted by atomic mass is 9.91. The Morgan fingerprint density at radius 3 is 2.69 bits per heavy atom. The number of nitrogens with zero attached hydrogens (tertiary/aromatic N) is 4. The predicted molar refractivity (Wildman–Crippen MR) is 119 cm³/mol. The molecule has 6 nitrogen and oxygen atoms in total. The van der Waals surface area contributed by atoms with Gasteiger partial charge in [-0.3, -0.25) is 14.5 Å². The lowest BCUT2D eigenvalue weighted by Crippen LogP contribution is -2.23. The Hall–Kier alpha value is -3.58. The molecule has 0 bridgehead atoms. The molecule has 2 aromatic heterocycles. The number of amides is 1. The number of aliphatic hydroxyl groups is 1. The normalized spacial score (nSPS) is 13.8. The standard InChI is InChI=1S/C25H23FN4O2/c1-25(2,32)17-10-19(20-13-29(3)28-22(20)11-17)15-6-7-16(21(26)9-15)12-30-14-23-18(24(30)31)5-4-8-27-23/h4-11,13,32H,12,14H2,1-3H3. The van der Waals surface area contributed by atoms with Crippen LogP contribution in [0.4, 0.5) is 4.39 Å². The summed E-state index contributed by atoms with van der Waals surface area (Å²) in [4.78, 5) is 18.5. The fraction of sp³-hybridized carbons (Fsp3) is 0.240. The van der Waals surface area contributed by atoms with E-state index in [9.17, 15) is 9.90 Å². The number of benzene rings is 2. The first kappa shape index (κ1) is 20.3. The van der Waals surface area contributed by atoms with E-state index in [4.69, 9.17) is 0 Å². The van der Waals surface area contributed by atoms with E-state index in [2.05, 4.69) is 10.1 Å². The number of hydrogen-bond acceptors (Lipinski definition) is 4. The van der Waals surface area contributed by atoms with Crippen LogP contribution >= 0.6 is 0 Å². The van der Waals surface area contributed by atoms with E-state index in [1.807, 2.05) is 31.4 Å². The third-order valence-electron chi connectivity index (χ3n) is 5.92. The lowest BCUT2D eigenvalue weighted by molar-refractivity contribution is 0.0763. The number of fused-ring (bicyclic) bond motifs is 2. The second-order valence-electron chi connectivity index (χ2n) is 8.78. The monoisotopic (exact) mass is 430 g/mol. The molecule has 162 valence electrons. The maximum absolute atomic E-state index is 15.2. The molecule has 3 heterocycles. The molecule has 2 aromatic carbocycles. The summed E-state index contributed by atoms with van der Waals surface area (Å²) in [5, 5.41) is 15.9. The molecule has 1 aliphatic heterocycles. The van der Waals surface area contributed by atoms with Gasteiger partial charge in [0, 0.05) is 36.9 Å². The molecule has 0 atom stereocenters. The maximum Gasteiger partial charge on any atom is 0.256 e. The molecule has 0 saturated carbocycles. The van der Waals surface area contributed by atoms with E-state index in [0.29, 0.717) is 28.8 Å². The van der Waals surface area contributed by atoms with Gasteiger partial charge >= 0.3 is 0 Å². The smallest absolute Gasteiger partial charge is 0.256 e. The van der Waals surface area contributed by atoms with Crippen LogP contribution in [-0.4, -0.2) is 30.7 Å². The van der Waals surface area contributed by atoms with Crippen molar-refractivity contribution < 1.29 is 14.3 Å². The summed E-state index contributed by atoms with van der Waals surface area (Å²) in [5.41, 5.74) is 3.61. The molecule has 0 radical (unpaired) electrons. The fourth-order valence-electron chi connectivity index (χ4n) is 4.19. The van der Waals surface area contributed by atoms with Crippen LogP contribution < -0.4 is 0 Å². The SMILES string of the molecule is Cn1cc2c(-c3ccc(CN4Cc5ncccc5C4=O)c(F)c3)cc(C(C)(C)O)cc2n1. The number of carbonyl (C=O) groups excluding carboxylic acids is 1. The molecule has 0 aliphatic carbocycles. The first-order chi connectivity index (χ1) is 15.2. The largest absolute Gasteiger partial charge is 0.386 e. The number of carbonyl (C=O) groups is 1. The number of rotatable bonds is 4. The summed E-state index contributed by atoms with van der Waals surface area (Å²) >= 11 is 0. The van der Waals surface area contributed by atoms with Crippen molar-refractivity contribution in [2.75, 3.05) is 0 Å².